The highest BCUT2D eigenvalue weighted by Crippen LogP contribution is 2.35. The first kappa shape index (κ1) is 12.8. The maximum atomic E-state index is 11.7. The van der Waals surface area contributed by atoms with E-state index in [0.29, 0.717) is 12.7 Å². The molecule has 1 aliphatic heterocycles. The Bertz CT molecular complexity index is 446. The molecule has 1 aliphatic rings. The van der Waals surface area contributed by atoms with Gasteiger partial charge in [-0.25, -0.2) is 0 Å². The monoisotopic (exact) mass is 246 g/mol. The van der Waals surface area contributed by atoms with Crippen LogP contribution in [-0.2, 0) is 9.59 Å². The molecule has 0 bridgehead atoms. The number of benzene rings is 1. The second kappa shape index (κ2) is 4.90. The summed E-state index contributed by atoms with van der Waals surface area (Å²) in [6, 6.07) is 9.86. The van der Waals surface area contributed by atoms with Gasteiger partial charge in [0.15, 0.2) is 5.54 Å². The lowest BCUT2D eigenvalue weighted by Crippen LogP contribution is -2.55. The van der Waals surface area contributed by atoms with E-state index in [0.717, 1.165) is 18.5 Å². The molecular formula is C14H18N2O2. The number of aldehydes is 1. The minimum Gasteiger partial charge on any atom is -0.368 e. The normalized spacial score (nSPS) is 25.8. The van der Waals surface area contributed by atoms with Crippen LogP contribution >= 0.6 is 0 Å². The quantitative estimate of drug-likeness (QED) is 0.642. The maximum absolute atomic E-state index is 11.7. The summed E-state index contributed by atoms with van der Waals surface area (Å²) in [5, 5.41) is 0. The average Bonchev–Trinajstić information content (AvgIpc) is 2.84. The van der Waals surface area contributed by atoms with E-state index < -0.39 is 11.4 Å². The van der Waals surface area contributed by atoms with Crippen molar-refractivity contribution >= 4 is 12.2 Å². The first-order valence-corrected chi connectivity index (χ1v) is 6.20. The Morgan fingerprint density at radius 3 is 2.67 bits per heavy atom. The van der Waals surface area contributed by atoms with E-state index in [9.17, 15) is 9.59 Å². The molecule has 2 N–H and O–H groups in total. The third-order valence-electron chi connectivity index (χ3n) is 3.84. The van der Waals surface area contributed by atoms with E-state index >= 15 is 0 Å². The van der Waals surface area contributed by atoms with Gasteiger partial charge in [-0.2, -0.15) is 0 Å². The topological polar surface area (TPSA) is 63.4 Å². The lowest BCUT2D eigenvalue weighted by atomic mass is 9.94. The van der Waals surface area contributed by atoms with E-state index in [1.165, 1.54) is 0 Å². The molecule has 1 heterocycles. The molecule has 0 saturated carbocycles. The molecule has 1 unspecified atom stereocenters. The second-order valence-corrected chi connectivity index (χ2v) is 4.79. The number of carbonyl (C=O) groups is 2. The van der Waals surface area contributed by atoms with Crippen LogP contribution in [0.1, 0.15) is 31.4 Å². The van der Waals surface area contributed by atoms with Crippen LogP contribution in [0.4, 0.5) is 0 Å². The summed E-state index contributed by atoms with van der Waals surface area (Å²) < 4.78 is 0. The van der Waals surface area contributed by atoms with Gasteiger partial charge in [-0.3, -0.25) is 9.69 Å². The van der Waals surface area contributed by atoms with Gasteiger partial charge < -0.3 is 10.5 Å². The fraction of sp³-hybridized carbons (Fsp3) is 0.429. The summed E-state index contributed by atoms with van der Waals surface area (Å²) in [6.07, 6.45) is 2.05. The van der Waals surface area contributed by atoms with Crippen molar-refractivity contribution in [3.8, 4) is 0 Å². The molecule has 0 aliphatic carbocycles. The van der Waals surface area contributed by atoms with Crippen LogP contribution in [0, 0.1) is 0 Å². The van der Waals surface area contributed by atoms with Crippen LogP contribution in [0.3, 0.4) is 0 Å². The third-order valence-corrected chi connectivity index (χ3v) is 3.84. The van der Waals surface area contributed by atoms with Crippen molar-refractivity contribution in [3.63, 3.8) is 0 Å². The van der Waals surface area contributed by atoms with Crippen LogP contribution in [0.5, 0.6) is 0 Å². The van der Waals surface area contributed by atoms with Crippen molar-refractivity contribution in [3.05, 3.63) is 35.9 Å². The molecule has 1 aromatic rings. The van der Waals surface area contributed by atoms with Gasteiger partial charge >= 0.3 is 0 Å². The third kappa shape index (κ3) is 1.93. The summed E-state index contributed by atoms with van der Waals surface area (Å²) in [6.45, 7) is 2.72. The fourth-order valence-corrected chi connectivity index (χ4v) is 2.76. The Labute approximate surface area is 107 Å². The summed E-state index contributed by atoms with van der Waals surface area (Å²) in [7, 11) is 0. The van der Waals surface area contributed by atoms with E-state index in [2.05, 4.69) is 0 Å². The highest BCUT2D eigenvalue weighted by Gasteiger charge is 2.48. The van der Waals surface area contributed by atoms with Gasteiger partial charge in [0.2, 0.25) is 5.91 Å². The number of likely N-dealkylation sites (tertiary alicyclic amines) is 1. The molecule has 2 rings (SSSR count). The Morgan fingerprint density at radius 1 is 1.44 bits per heavy atom. The van der Waals surface area contributed by atoms with Crippen molar-refractivity contribution in [2.45, 2.75) is 31.3 Å². The lowest BCUT2D eigenvalue weighted by molar-refractivity contribution is -0.136. The molecule has 1 fully saturated rings. The molecule has 0 spiro atoms. The minimum absolute atomic E-state index is 0.00593. The van der Waals surface area contributed by atoms with Crippen LogP contribution in [0.2, 0.25) is 0 Å². The largest absolute Gasteiger partial charge is 0.368 e. The number of hydrogen-bond donors (Lipinski definition) is 1. The predicted molar refractivity (Wildman–Crippen MR) is 68.8 cm³/mol. The van der Waals surface area contributed by atoms with Crippen LogP contribution in [0.25, 0.3) is 0 Å². The highest BCUT2D eigenvalue weighted by molar-refractivity contribution is 6.01. The van der Waals surface area contributed by atoms with Crippen molar-refractivity contribution in [1.82, 2.24) is 4.90 Å². The molecular weight excluding hydrogens is 228 g/mol. The fourth-order valence-electron chi connectivity index (χ4n) is 2.76. The molecule has 18 heavy (non-hydrogen) atoms. The summed E-state index contributed by atoms with van der Waals surface area (Å²) in [4.78, 5) is 24.9. The number of primary amides is 1. The van der Waals surface area contributed by atoms with E-state index in [4.69, 9.17) is 5.73 Å². The molecule has 1 amide bonds. The Kier molecular flexibility index (Phi) is 3.48. The van der Waals surface area contributed by atoms with Gasteiger partial charge in [0.1, 0.15) is 6.29 Å². The van der Waals surface area contributed by atoms with Crippen molar-refractivity contribution in [1.29, 1.82) is 0 Å². The zero-order valence-electron chi connectivity index (χ0n) is 10.5. The Hall–Kier alpha value is -1.68. The maximum Gasteiger partial charge on any atom is 0.245 e. The number of amides is 1. The van der Waals surface area contributed by atoms with Gasteiger partial charge in [0, 0.05) is 12.6 Å². The number of hydrogen-bond acceptors (Lipinski definition) is 3. The molecule has 2 atom stereocenters. The van der Waals surface area contributed by atoms with Gasteiger partial charge in [-0.05, 0) is 25.3 Å². The van der Waals surface area contributed by atoms with Gasteiger partial charge in [0.05, 0.1) is 0 Å². The van der Waals surface area contributed by atoms with Crippen molar-refractivity contribution < 1.29 is 9.59 Å². The van der Waals surface area contributed by atoms with Crippen LogP contribution in [0.15, 0.2) is 30.3 Å². The number of rotatable bonds is 4. The standard InChI is InChI=1S/C14H18N2O2/c1-11(12-6-3-2-4-7-12)16-9-5-8-14(16,10-17)13(15)18/h2-4,6-7,10-11H,5,8-9H2,1H3,(H2,15,18)/t11-,14?/m1/s1. The van der Waals surface area contributed by atoms with E-state index in [1.807, 2.05) is 42.2 Å². The zero-order valence-corrected chi connectivity index (χ0v) is 10.5. The van der Waals surface area contributed by atoms with Gasteiger partial charge in [-0.1, -0.05) is 30.3 Å². The summed E-state index contributed by atoms with van der Waals surface area (Å²) in [5.41, 5.74) is 5.40. The number of nitrogens with zero attached hydrogens (tertiary/aromatic N) is 1. The van der Waals surface area contributed by atoms with Crippen molar-refractivity contribution in [2.24, 2.45) is 5.73 Å². The van der Waals surface area contributed by atoms with Gasteiger partial charge in [-0.15, -0.1) is 0 Å². The smallest absolute Gasteiger partial charge is 0.245 e. The predicted octanol–water partition coefficient (Wildman–Crippen LogP) is 1.27. The first-order chi connectivity index (χ1) is 8.62. The molecule has 4 heteroatoms. The lowest BCUT2D eigenvalue weighted by Gasteiger charge is -2.35. The zero-order chi connectivity index (χ0) is 13.2. The molecule has 96 valence electrons. The molecule has 0 aromatic heterocycles. The molecule has 4 nitrogen and oxygen atoms in total. The molecule has 0 radical (unpaired) electrons. The molecule has 1 aromatic carbocycles. The van der Waals surface area contributed by atoms with Crippen molar-refractivity contribution in [2.75, 3.05) is 6.54 Å². The van der Waals surface area contributed by atoms with Gasteiger partial charge in [0.25, 0.3) is 0 Å². The van der Waals surface area contributed by atoms with Crippen LogP contribution in [-0.4, -0.2) is 29.2 Å². The Balaban J connectivity index is 2.32. The SMILES string of the molecule is C[C@H](c1ccccc1)N1CCCC1(C=O)C(N)=O. The number of carbonyl (C=O) groups excluding carboxylic acids is 2. The summed E-state index contributed by atoms with van der Waals surface area (Å²) in [5.74, 6) is -0.544. The minimum atomic E-state index is -1.13. The number of nitrogens with two attached hydrogens (primary N) is 1. The van der Waals surface area contributed by atoms with E-state index in [-0.39, 0.29) is 6.04 Å². The van der Waals surface area contributed by atoms with E-state index in [1.54, 1.807) is 0 Å². The average molecular weight is 246 g/mol. The molecule has 1 saturated heterocycles. The first-order valence-electron chi connectivity index (χ1n) is 6.20. The summed E-state index contributed by atoms with van der Waals surface area (Å²) >= 11 is 0. The second-order valence-electron chi connectivity index (χ2n) is 4.79. The van der Waals surface area contributed by atoms with Crippen LogP contribution < -0.4 is 5.73 Å². The highest BCUT2D eigenvalue weighted by atomic mass is 16.2. The Morgan fingerprint density at radius 2 is 2.11 bits per heavy atom.